The van der Waals surface area contributed by atoms with E-state index < -0.39 is 0 Å². The summed E-state index contributed by atoms with van der Waals surface area (Å²) in [6.07, 6.45) is 2.58. The lowest BCUT2D eigenvalue weighted by atomic mass is 10.1. The number of H-pyrrole nitrogens is 1. The molecule has 9 heteroatoms. The van der Waals surface area contributed by atoms with E-state index in [4.69, 9.17) is 20.2 Å². The van der Waals surface area contributed by atoms with Crippen LogP contribution in [0.25, 0.3) is 11.2 Å². The summed E-state index contributed by atoms with van der Waals surface area (Å²) < 4.78 is 13.9. The van der Waals surface area contributed by atoms with E-state index in [2.05, 4.69) is 38.0 Å². The number of aromatic nitrogens is 4. The maximum absolute atomic E-state index is 6.10. The zero-order valence-electron chi connectivity index (χ0n) is 16.6. The number of ether oxygens (including phenoxy) is 2. The van der Waals surface area contributed by atoms with Gasteiger partial charge in [0.25, 0.3) is 5.65 Å². The van der Waals surface area contributed by atoms with E-state index in [9.17, 15) is 0 Å². The number of aromatic amines is 1. The lowest BCUT2D eigenvalue weighted by Crippen LogP contribution is -2.36. The average Bonchev–Trinajstić information content (AvgIpc) is 3.18. The SMILES string of the molecule is COc1ccc(OC)c(Sc2nc3c([nH]2)c(N)nc[n+]3CCc2cccc(Br)c2)c1. The van der Waals surface area contributed by atoms with E-state index in [1.165, 1.54) is 17.3 Å². The second kappa shape index (κ2) is 8.93. The van der Waals surface area contributed by atoms with Gasteiger partial charge < -0.3 is 20.2 Å². The number of nitrogens with one attached hydrogen (secondary N) is 1. The first-order chi connectivity index (χ1) is 14.6. The van der Waals surface area contributed by atoms with Crippen molar-refractivity contribution in [3.05, 3.63) is 58.8 Å². The number of nitrogen functional groups attached to an aromatic ring is 1. The van der Waals surface area contributed by atoms with E-state index in [1.54, 1.807) is 20.5 Å². The molecule has 0 saturated carbocycles. The second-order valence-corrected chi connectivity index (χ2v) is 8.51. The maximum Gasteiger partial charge on any atom is 0.294 e. The van der Waals surface area contributed by atoms with Crippen molar-refractivity contribution >= 4 is 44.7 Å². The lowest BCUT2D eigenvalue weighted by Gasteiger charge is -2.07. The highest BCUT2D eigenvalue weighted by molar-refractivity contribution is 9.10. The molecule has 2 aromatic heterocycles. The Morgan fingerprint density at radius 1 is 1.17 bits per heavy atom. The highest BCUT2D eigenvalue weighted by Crippen LogP contribution is 2.36. The van der Waals surface area contributed by atoms with Crippen LogP contribution >= 0.6 is 27.7 Å². The average molecular weight is 487 g/mol. The number of nitrogens with zero attached hydrogens (tertiary/aromatic N) is 3. The summed E-state index contributed by atoms with van der Waals surface area (Å²) in [6.45, 7) is 0.734. The van der Waals surface area contributed by atoms with Gasteiger partial charge in [-0.15, -0.1) is 0 Å². The topological polar surface area (TPSA) is 89.9 Å². The van der Waals surface area contributed by atoms with Gasteiger partial charge >= 0.3 is 0 Å². The summed E-state index contributed by atoms with van der Waals surface area (Å²) in [5, 5.41) is 0.701. The number of hydrogen-bond donors (Lipinski definition) is 2. The van der Waals surface area contributed by atoms with Crippen LogP contribution in [0, 0.1) is 0 Å². The van der Waals surface area contributed by atoms with Crippen LogP contribution in [0.4, 0.5) is 5.82 Å². The smallest absolute Gasteiger partial charge is 0.294 e. The lowest BCUT2D eigenvalue weighted by molar-refractivity contribution is -0.675. The predicted octanol–water partition coefficient (Wildman–Crippen LogP) is 4.00. The van der Waals surface area contributed by atoms with Crippen molar-refractivity contribution in [1.29, 1.82) is 0 Å². The molecule has 3 N–H and O–H groups in total. The van der Waals surface area contributed by atoms with E-state index in [1.807, 2.05) is 34.9 Å². The Bertz CT molecular complexity index is 1200. The first-order valence-corrected chi connectivity index (χ1v) is 10.9. The molecule has 0 fully saturated rings. The molecule has 2 aromatic carbocycles. The molecule has 0 aliphatic rings. The van der Waals surface area contributed by atoms with Gasteiger partial charge in [0.15, 0.2) is 5.52 Å². The number of methoxy groups -OCH3 is 2. The molecule has 4 aromatic rings. The molecule has 2 heterocycles. The third kappa shape index (κ3) is 4.36. The Labute approximate surface area is 186 Å². The highest BCUT2D eigenvalue weighted by atomic mass is 79.9. The number of fused-ring (bicyclic) bond motifs is 1. The van der Waals surface area contributed by atoms with E-state index in [-0.39, 0.29) is 0 Å². The predicted molar refractivity (Wildman–Crippen MR) is 120 cm³/mol. The first-order valence-electron chi connectivity index (χ1n) is 9.25. The molecule has 7 nitrogen and oxygen atoms in total. The number of anilines is 1. The van der Waals surface area contributed by atoms with E-state index in [0.29, 0.717) is 11.0 Å². The number of benzene rings is 2. The zero-order chi connectivity index (χ0) is 21.1. The summed E-state index contributed by atoms with van der Waals surface area (Å²) in [5.41, 5.74) is 8.82. The van der Waals surface area contributed by atoms with Gasteiger partial charge in [0.1, 0.15) is 11.5 Å². The molecule has 4 rings (SSSR count). The van der Waals surface area contributed by atoms with Crippen molar-refractivity contribution in [2.75, 3.05) is 20.0 Å². The summed E-state index contributed by atoms with van der Waals surface area (Å²) >= 11 is 4.97. The first kappa shape index (κ1) is 20.5. The molecule has 0 amide bonds. The van der Waals surface area contributed by atoms with Crippen LogP contribution in [-0.4, -0.2) is 29.2 Å². The monoisotopic (exact) mass is 486 g/mol. The third-order valence-corrected chi connectivity index (χ3v) is 6.05. The van der Waals surface area contributed by atoms with Crippen molar-refractivity contribution in [3.63, 3.8) is 0 Å². The Morgan fingerprint density at radius 3 is 2.80 bits per heavy atom. The van der Waals surface area contributed by atoms with E-state index >= 15 is 0 Å². The fourth-order valence-corrected chi connectivity index (χ4v) is 4.47. The molecular formula is C21H21BrN5O2S+. The fraction of sp³-hybridized carbons (Fsp3) is 0.190. The van der Waals surface area contributed by atoms with Gasteiger partial charge in [-0.2, -0.15) is 0 Å². The fourth-order valence-electron chi connectivity index (χ4n) is 3.10. The highest BCUT2D eigenvalue weighted by Gasteiger charge is 2.20. The Hall–Kier alpha value is -2.78. The quantitative estimate of drug-likeness (QED) is 0.383. The number of imidazole rings is 1. The molecule has 154 valence electrons. The van der Waals surface area contributed by atoms with Crippen molar-refractivity contribution in [1.82, 2.24) is 15.0 Å². The maximum atomic E-state index is 6.10. The minimum Gasteiger partial charge on any atom is -0.497 e. The molecule has 0 aliphatic heterocycles. The summed E-state index contributed by atoms with van der Waals surface area (Å²) in [5.74, 6) is 1.91. The van der Waals surface area contributed by atoms with Crippen LogP contribution in [-0.2, 0) is 13.0 Å². The van der Waals surface area contributed by atoms with Gasteiger partial charge in [0, 0.05) is 10.9 Å². The number of hydrogen-bond acceptors (Lipinski definition) is 6. The van der Waals surface area contributed by atoms with Crippen LogP contribution in [0.3, 0.4) is 0 Å². The molecule has 0 spiro atoms. The Morgan fingerprint density at radius 2 is 2.03 bits per heavy atom. The third-order valence-electron chi connectivity index (χ3n) is 4.64. The number of halogens is 1. The molecular weight excluding hydrogens is 466 g/mol. The van der Waals surface area contributed by atoms with Crippen LogP contribution in [0.5, 0.6) is 11.5 Å². The summed E-state index contributed by atoms with van der Waals surface area (Å²) in [6, 6.07) is 13.9. The molecule has 0 bridgehead atoms. The van der Waals surface area contributed by atoms with Crippen LogP contribution < -0.4 is 19.8 Å². The Kier molecular flexibility index (Phi) is 6.10. The molecule has 0 radical (unpaired) electrons. The molecule has 0 saturated heterocycles. The minimum absolute atomic E-state index is 0.417. The van der Waals surface area contributed by atoms with Gasteiger partial charge in [-0.1, -0.05) is 38.0 Å². The summed E-state index contributed by atoms with van der Waals surface area (Å²) in [4.78, 5) is 13.3. The summed E-state index contributed by atoms with van der Waals surface area (Å²) in [7, 11) is 3.28. The number of aryl methyl sites for hydroxylation is 2. The normalized spacial score (nSPS) is 11.0. The number of rotatable bonds is 7. The molecule has 0 unspecified atom stereocenters. The van der Waals surface area contributed by atoms with Crippen LogP contribution in [0.1, 0.15) is 5.56 Å². The zero-order valence-corrected chi connectivity index (χ0v) is 19.0. The molecule has 30 heavy (non-hydrogen) atoms. The van der Waals surface area contributed by atoms with Gasteiger partial charge in [0.2, 0.25) is 17.3 Å². The second-order valence-electron chi connectivity index (χ2n) is 6.56. The minimum atomic E-state index is 0.417. The van der Waals surface area contributed by atoms with Crippen LogP contribution in [0.2, 0.25) is 0 Å². The van der Waals surface area contributed by atoms with Gasteiger partial charge in [-0.05, 0) is 47.7 Å². The van der Waals surface area contributed by atoms with Gasteiger partial charge in [-0.3, -0.25) is 0 Å². The van der Waals surface area contributed by atoms with Crippen LogP contribution in [0.15, 0.2) is 63.3 Å². The van der Waals surface area contributed by atoms with E-state index in [0.717, 1.165) is 45.0 Å². The van der Waals surface area contributed by atoms with Gasteiger partial charge in [0.05, 0.1) is 25.7 Å². The molecule has 0 aliphatic carbocycles. The van der Waals surface area contributed by atoms with Crippen molar-refractivity contribution in [3.8, 4) is 11.5 Å². The van der Waals surface area contributed by atoms with Crippen molar-refractivity contribution in [2.24, 2.45) is 0 Å². The van der Waals surface area contributed by atoms with Crippen molar-refractivity contribution in [2.45, 2.75) is 23.0 Å². The van der Waals surface area contributed by atoms with Crippen molar-refractivity contribution < 1.29 is 14.0 Å². The Balaban J connectivity index is 1.64. The molecule has 0 atom stereocenters. The van der Waals surface area contributed by atoms with Gasteiger partial charge in [-0.25, -0.2) is 4.57 Å². The standard InChI is InChI=1S/C21H20BrN5O2S/c1-28-15-6-7-16(29-2)17(11-15)30-21-25-18-19(23)24-12-27(20(18)26-21)9-8-13-4-3-5-14(22)10-13/h3-7,10-12H,8-9H2,1-2H3,(H2,23,25,26)/p+1. The number of nitrogens with two attached hydrogens (primary N) is 1. The largest absolute Gasteiger partial charge is 0.497 e.